The van der Waals surface area contributed by atoms with Crippen molar-refractivity contribution in [3.05, 3.63) is 57.6 Å². The molecule has 0 spiro atoms. The zero-order valence-corrected chi connectivity index (χ0v) is 13.4. The molecule has 0 fully saturated rings. The van der Waals surface area contributed by atoms with Crippen LogP contribution in [0.25, 0.3) is 10.2 Å². The minimum Gasteiger partial charge on any atom is -0.398 e. The van der Waals surface area contributed by atoms with Gasteiger partial charge in [-0.2, -0.15) is 0 Å². The summed E-state index contributed by atoms with van der Waals surface area (Å²) in [4.78, 5) is 5.68. The number of nitrogens with two attached hydrogens (primary N) is 1. The van der Waals surface area contributed by atoms with Crippen molar-refractivity contribution < 1.29 is 5.11 Å². The molecule has 0 bridgehead atoms. The predicted molar refractivity (Wildman–Crippen MR) is 91.5 cm³/mol. The lowest BCUT2D eigenvalue weighted by atomic mass is 9.80. The van der Waals surface area contributed by atoms with E-state index in [1.807, 2.05) is 35.7 Å². The molecular formula is C17H15ClN2OS. The number of nitrogens with zero attached hydrogens (tertiary/aromatic N) is 1. The Labute approximate surface area is 137 Å². The van der Waals surface area contributed by atoms with Crippen LogP contribution in [0.1, 0.15) is 35.3 Å². The van der Waals surface area contributed by atoms with Gasteiger partial charge in [-0.1, -0.05) is 23.7 Å². The van der Waals surface area contributed by atoms with Gasteiger partial charge in [0.2, 0.25) is 0 Å². The van der Waals surface area contributed by atoms with E-state index >= 15 is 0 Å². The van der Waals surface area contributed by atoms with Crippen molar-refractivity contribution in [2.75, 3.05) is 5.73 Å². The molecular weight excluding hydrogens is 316 g/mol. The van der Waals surface area contributed by atoms with Crippen molar-refractivity contribution in [2.45, 2.75) is 24.9 Å². The van der Waals surface area contributed by atoms with Crippen molar-refractivity contribution in [2.24, 2.45) is 0 Å². The Balaban J connectivity index is 1.79. The normalized spacial score (nSPS) is 21.0. The largest absolute Gasteiger partial charge is 0.398 e. The summed E-state index contributed by atoms with van der Waals surface area (Å²) in [6, 6.07) is 9.81. The molecule has 0 saturated carbocycles. The smallest absolute Gasteiger partial charge is 0.125 e. The average Bonchev–Trinajstić information content (AvgIpc) is 2.96. The molecule has 2 heterocycles. The lowest BCUT2D eigenvalue weighted by Crippen LogP contribution is -2.20. The van der Waals surface area contributed by atoms with E-state index < -0.39 is 6.10 Å². The summed E-state index contributed by atoms with van der Waals surface area (Å²) in [6.07, 6.45) is 0.892. The van der Waals surface area contributed by atoms with Crippen molar-refractivity contribution in [3.8, 4) is 0 Å². The van der Waals surface area contributed by atoms with Crippen LogP contribution in [0.4, 0.5) is 5.69 Å². The summed E-state index contributed by atoms with van der Waals surface area (Å²) in [7, 11) is 0. The third kappa shape index (κ3) is 2.19. The zero-order chi connectivity index (χ0) is 15.3. The highest BCUT2D eigenvalue weighted by Crippen LogP contribution is 2.43. The Hall–Kier alpha value is -1.62. The average molecular weight is 331 g/mol. The Morgan fingerprint density at radius 1 is 1.23 bits per heavy atom. The van der Waals surface area contributed by atoms with Gasteiger partial charge in [-0.15, -0.1) is 11.3 Å². The standard InChI is InChI=1S/C17H15ClN2OS/c18-11-3-1-9(2-4-11)10-7-13-15(14(21)8-10)16(19)12-5-6-22-17(12)20-13/h1-6,10,14,21H,7-8H2,(H2,19,20)/t10-,14-/m0/s1. The molecule has 0 unspecified atom stereocenters. The molecule has 1 aliphatic rings. The van der Waals surface area contributed by atoms with Crippen LogP contribution in [-0.4, -0.2) is 10.1 Å². The van der Waals surface area contributed by atoms with Crippen molar-refractivity contribution in [1.82, 2.24) is 4.98 Å². The minimum atomic E-state index is -0.568. The maximum Gasteiger partial charge on any atom is 0.125 e. The van der Waals surface area contributed by atoms with Crippen LogP contribution in [-0.2, 0) is 6.42 Å². The number of hydrogen-bond donors (Lipinski definition) is 2. The van der Waals surface area contributed by atoms with Crippen LogP contribution in [0.5, 0.6) is 0 Å². The summed E-state index contributed by atoms with van der Waals surface area (Å²) in [6.45, 7) is 0. The van der Waals surface area contributed by atoms with Crippen LogP contribution in [0.2, 0.25) is 5.02 Å². The maximum absolute atomic E-state index is 10.6. The lowest BCUT2D eigenvalue weighted by Gasteiger charge is -2.29. The first-order valence-corrected chi connectivity index (χ1v) is 8.48. The maximum atomic E-state index is 10.6. The summed E-state index contributed by atoms with van der Waals surface area (Å²) in [5.41, 5.74) is 9.87. The lowest BCUT2D eigenvalue weighted by molar-refractivity contribution is 0.147. The van der Waals surface area contributed by atoms with E-state index in [0.717, 1.165) is 32.9 Å². The van der Waals surface area contributed by atoms with Crippen LogP contribution in [0, 0.1) is 0 Å². The van der Waals surface area contributed by atoms with Crippen LogP contribution < -0.4 is 5.73 Å². The van der Waals surface area contributed by atoms with Gasteiger partial charge in [-0.3, -0.25) is 0 Å². The number of aliphatic hydroxyl groups is 1. The molecule has 2 atom stereocenters. The number of rotatable bonds is 1. The Morgan fingerprint density at radius 3 is 2.77 bits per heavy atom. The Morgan fingerprint density at radius 2 is 2.00 bits per heavy atom. The molecule has 1 aliphatic carbocycles. The molecule has 112 valence electrons. The third-order valence-corrected chi connectivity index (χ3v) is 5.45. The zero-order valence-electron chi connectivity index (χ0n) is 11.8. The van der Waals surface area contributed by atoms with E-state index in [1.54, 1.807) is 11.3 Å². The summed E-state index contributed by atoms with van der Waals surface area (Å²) in [5, 5.41) is 14.2. The van der Waals surface area contributed by atoms with Crippen LogP contribution >= 0.6 is 22.9 Å². The molecule has 1 aromatic carbocycles. The minimum absolute atomic E-state index is 0.240. The second-order valence-corrected chi connectivity index (χ2v) is 7.06. The quantitative estimate of drug-likeness (QED) is 0.699. The van der Waals surface area contributed by atoms with Gasteiger partial charge in [0.05, 0.1) is 11.8 Å². The van der Waals surface area contributed by atoms with Gasteiger partial charge in [0.15, 0.2) is 0 Å². The van der Waals surface area contributed by atoms with Gasteiger partial charge in [0, 0.05) is 21.7 Å². The van der Waals surface area contributed by atoms with Gasteiger partial charge >= 0.3 is 0 Å². The molecule has 0 aliphatic heterocycles. The number of anilines is 1. The van der Waals surface area contributed by atoms with E-state index in [-0.39, 0.29) is 5.92 Å². The number of hydrogen-bond acceptors (Lipinski definition) is 4. The Bertz CT molecular complexity index is 844. The molecule has 3 nitrogen and oxygen atoms in total. The number of aromatic nitrogens is 1. The van der Waals surface area contributed by atoms with Gasteiger partial charge in [-0.25, -0.2) is 4.98 Å². The third-order valence-electron chi connectivity index (χ3n) is 4.39. The van der Waals surface area contributed by atoms with E-state index in [4.69, 9.17) is 22.3 Å². The van der Waals surface area contributed by atoms with Crippen LogP contribution in [0.3, 0.4) is 0 Å². The van der Waals surface area contributed by atoms with Crippen LogP contribution in [0.15, 0.2) is 35.7 Å². The first kappa shape index (κ1) is 14.0. The number of thiophene rings is 1. The summed E-state index contributed by atoms with van der Waals surface area (Å²) < 4.78 is 0. The molecule has 3 aromatic rings. The fraction of sp³-hybridized carbons (Fsp3) is 0.235. The number of fused-ring (bicyclic) bond motifs is 2. The molecule has 0 radical (unpaired) electrons. The van der Waals surface area contributed by atoms with Crippen molar-refractivity contribution >= 4 is 38.8 Å². The highest BCUT2D eigenvalue weighted by Gasteiger charge is 2.30. The van der Waals surface area contributed by atoms with Crippen molar-refractivity contribution in [3.63, 3.8) is 0 Å². The fourth-order valence-electron chi connectivity index (χ4n) is 3.30. The first-order chi connectivity index (χ1) is 10.6. The second kappa shape index (κ2) is 5.23. The number of pyridine rings is 1. The SMILES string of the molecule is Nc1c2c(nc3sccc13)C[C@H](c1ccc(Cl)cc1)C[C@@H]2O. The van der Waals surface area contributed by atoms with E-state index in [9.17, 15) is 5.11 Å². The van der Waals surface area contributed by atoms with Gasteiger partial charge in [-0.05, 0) is 47.9 Å². The molecule has 22 heavy (non-hydrogen) atoms. The molecule has 3 N–H and O–H groups in total. The highest BCUT2D eigenvalue weighted by atomic mass is 35.5. The van der Waals surface area contributed by atoms with E-state index in [2.05, 4.69) is 0 Å². The molecule has 4 rings (SSSR count). The monoisotopic (exact) mass is 330 g/mol. The molecule has 0 saturated heterocycles. The number of benzene rings is 1. The fourth-order valence-corrected chi connectivity index (χ4v) is 4.22. The summed E-state index contributed by atoms with van der Waals surface area (Å²) in [5.74, 6) is 0.240. The number of nitrogen functional groups attached to an aromatic ring is 1. The number of aliphatic hydroxyl groups excluding tert-OH is 1. The molecule has 0 amide bonds. The number of halogens is 1. The van der Waals surface area contributed by atoms with E-state index in [0.29, 0.717) is 12.1 Å². The summed E-state index contributed by atoms with van der Waals surface area (Å²) >= 11 is 7.54. The molecule has 5 heteroatoms. The van der Waals surface area contributed by atoms with E-state index in [1.165, 1.54) is 5.56 Å². The highest BCUT2D eigenvalue weighted by molar-refractivity contribution is 7.16. The Kier molecular flexibility index (Phi) is 3.33. The van der Waals surface area contributed by atoms with Gasteiger partial charge in [0.25, 0.3) is 0 Å². The van der Waals surface area contributed by atoms with Crippen molar-refractivity contribution in [1.29, 1.82) is 0 Å². The second-order valence-electron chi connectivity index (χ2n) is 5.73. The van der Waals surface area contributed by atoms with Gasteiger partial charge in [0.1, 0.15) is 4.83 Å². The topological polar surface area (TPSA) is 59.1 Å². The van der Waals surface area contributed by atoms with Gasteiger partial charge < -0.3 is 10.8 Å². The molecule has 2 aromatic heterocycles. The first-order valence-electron chi connectivity index (χ1n) is 7.22. The predicted octanol–water partition coefficient (Wildman–Crippen LogP) is 4.30.